The zero-order valence-electron chi connectivity index (χ0n) is 12.1. The summed E-state index contributed by atoms with van der Waals surface area (Å²) in [6, 6.07) is 9.91. The lowest BCUT2D eigenvalue weighted by Gasteiger charge is -2.21. The molecule has 3 N–H and O–H groups in total. The van der Waals surface area contributed by atoms with Gasteiger partial charge in [0.25, 0.3) is 0 Å². The number of nitrogens with zero attached hydrogens (tertiary/aromatic N) is 4. The van der Waals surface area contributed by atoms with Gasteiger partial charge in [0.15, 0.2) is 0 Å². The maximum absolute atomic E-state index is 8.68. The van der Waals surface area contributed by atoms with Crippen molar-refractivity contribution in [1.82, 2.24) is 9.36 Å². The van der Waals surface area contributed by atoms with Crippen molar-refractivity contribution >= 4 is 28.2 Å². The minimum Gasteiger partial charge on any atom is -0.409 e. The summed E-state index contributed by atoms with van der Waals surface area (Å²) >= 11 is 1.36. The topological polar surface area (TPSA) is 87.6 Å². The minimum atomic E-state index is 0.199. The monoisotopic (exact) mass is 305 g/mol. The van der Waals surface area contributed by atoms with E-state index in [9.17, 15) is 0 Å². The predicted molar refractivity (Wildman–Crippen MR) is 85.5 cm³/mol. The molecular weight excluding hydrogens is 286 g/mol. The molecule has 0 fully saturated rings. The molecule has 0 spiro atoms. The van der Waals surface area contributed by atoms with E-state index in [1.807, 2.05) is 35.2 Å². The summed E-state index contributed by atoms with van der Waals surface area (Å²) < 4.78 is 4.39. The fourth-order valence-electron chi connectivity index (χ4n) is 1.79. The van der Waals surface area contributed by atoms with E-state index in [-0.39, 0.29) is 11.8 Å². The van der Waals surface area contributed by atoms with Crippen molar-refractivity contribution in [2.24, 2.45) is 10.9 Å². The molecule has 0 saturated heterocycles. The smallest absolute Gasteiger partial charge is 0.209 e. The lowest BCUT2D eigenvalue weighted by atomic mass is 10.2. The number of aromatic nitrogens is 2. The van der Waals surface area contributed by atoms with E-state index < -0.39 is 0 Å². The second-order valence-corrected chi connectivity index (χ2v) is 5.65. The van der Waals surface area contributed by atoms with Crippen LogP contribution < -0.4 is 10.6 Å². The average Bonchev–Trinajstić information content (AvgIpc) is 2.98. The zero-order chi connectivity index (χ0) is 15.2. The summed E-state index contributed by atoms with van der Waals surface area (Å²) in [6.07, 6.45) is 0.446. The van der Waals surface area contributed by atoms with Crippen LogP contribution in [0, 0.1) is 0 Å². The summed E-state index contributed by atoms with van der Waals surface area (Å²) in [4.78, 5) is 6.61. The molecule has 21 heavy (non-hydrogen) atoms. The Hall–Kier alpha value is -2.15. The first-order chi connectivity index (χ1) is 10.1. The molecule has 1 heterocycles. The normalized spacial score (nSPS) is 11.9. The molecule has 1 aromatic carbocycles. The summed E-state index contributed by atoms with van der Waals surface area (Å²) in [5, 5.41) is 12.5. The van der Waals surface area contributed by atoms with Crippen LogP contribution in [0.3, 0.4) is 0 Å². The van der Waals surface area contributed by atoms with E-state index >= 15 is 0 Å². The lowest BCUT2D eigenvalue weighted by Crippen LogP contribution is -2.24. The minimum absolute atomic E-state index is 0.199. The third-order valence-electron chi connectivity index (χ3n) is 2.97. The van der Waals surface area contributed by atoms with Gasteiger partial charge in [0.1, 0.15) is 11.7 Å². The molecular formula is C14H19N5OS. The molecule has 0 aliphatic carbocycles. The Kier molecular flexibility index (Phi) is 5.10. The Bertz CT molecular complexity index is 596. The van der Waals surface area contributed by atoms with Gasteiger partial charge in [0.05, 0.1) is 0 Å². The largest absolute Gasteiger partial charge is 0.409 e. The Balaban J connectivity index is 2.26. The van der Waals surface area contributed by atoms with Crippen molar-refractivity contribution < 1.29 is 5.21 Å². The van der Waals surface area contributed by atoms with E-state index in [0.29, 0.717) is 13.0 Å². The molecule has 0 atom stereocenters. The molecule has 0 amide bonds. The molecule has 0 aliphatic rings. The van der Waals surface area contributed by atoms with Gasteiger partial charge in [-0.25, -0.2) is 4.98 Å². The standard InChI is InChI=1S/C14H19N5OS/c1-10(2)13-16-14(21-18-13)19(9-8-12(15)17-20)11-6-4-3-5-7-11/h3-7,10,20H,8-9H2,1-2H3,(H2,15,17). The highest BCUT2D eigenvalue weighted by Gasteiger charge is 2.16. The molecule has 1 aromatic heterocycles. The molecule has 6 nitrogen and oxygen atoms in total. The molecule has 112 valence electrons. The van der Waals surface area contributed by atoms with E-state index in [4.69, 9.17) is 10.9 Å². The van der Waals surface area contributed by atoms with Crippen molar-refractivity contribution in [2.45, 2.75) is 26.2 Å². The van der Waals surface area contributed by atoms with Gasteiger partial charge in [-0.2, -0.15) is 4.37 Å². The Morgan fingerprint density at radius 1 is 1.38 bits per heavy atom. The van der Waals surface area contributed by atoms with E-state index in [0.717, 1.165) is 16.6 Å². The molecule has 7 heteroatoms. The number of rotatable bonds is 6. The summed E-state index contributed by atoms with van der Waals surface area (Å²) in [5.41, 5.74) is 6.58. The average molecular weight is 305 g/mol. The number of anilines is 2. The Morgan fingerprint density at radius 2 is 2.10 bits per heavy atom. The first-order valence-electron chi connectivity index (χ1n) is 6.74. The highest BCUT2D eigenvalue weighted by atomic mass is 32.1. The first kappa shape index (κ1) is 15.2. The molecule has 2 aromatic rings. The predicted octanol–water partition coefficient (Wildman–Crippen LogP) is 2.94. The van der Waals surface area contributed by atoms with Crippen LogP contribution in [-0.2, 0) is 0 Å². The van der Waals surface area contributed by atoms with Gasteiger partial charge in [-0.05, 0) is 12.1 Å². The van der Waals surface area contributed by atoms with Crippen LogP contribution in [0.1, 0.15) is 32.0 Å². The van der Waals surface area contributed by atoms with Gasteiger partial charge in [-0.3, -0.25) is 0 Å². The summed E-state index contributed by atoms with van der Waals surface area (Å²) in [7, 11) is 0. The molecule has 0 unspecified atom stereocenters. The van der Waals surface area contributed by atoms with Gasteiger partial charge in [0, 0.05) is 36.1 Å². The van der Waals surface area contributed by atoms with Gasteiger partial charge < -0.3 is 15.8 Å². The molecule has 0 radical (unpaired) electrons. The number of hydrogen-bond donors (Lipinski definition) is 2. The second-order valence-electron chi connectivity index (χ2n) is 4.92. The van der Waals surface area contributed by atoms with Gasteiger partial charge in [0.2, 0.25) is 5.13 Å². The highest BCUT2D eigenvalue weighted by molar-refractivity contribution is 7.09. The zero-order valence-corrected chi connectivity index (χ0v) is 12.9. The fraction of sp³-hybridized carbons (Fsp3) is 0.357. The Labute approximate surface area is 128 Å². The van der Waals surface area contributed by atoms with Gasteiger partial charge >= 0.3 is 0 Å². The van der Waals surface area contributed by atoms with Crippen LogP contribution in [0.5, 0.6) is 0 Å². The van der Waals surface area contributed by atoms with Crippen LogP contribution in [-0.4, -0.2) is 26.9 Å². The van der Waals surface area contributed by atoms with Crippen LogP contribution >= 0.6 is 11.5 Å². The van der Waals surface area contributed by atoms with Crippen molar-refractivity contribution in [3.63, 3.8) is 0 Å². The maximum atomic E-state index is 8.68. The lowest BCUT2D eigenvalue weighted by molar-refractivity contribution is 0.317. The van der Waals surface area contributed by atoms with Crippen molar-refractivity contribution in [2.75, 3.05) is 11.4 Å². The second kappa shape index (κ2) is 7.03. The Morgan fingerprint density at radius 3 is 2.67 bits per heavy atom. The SMILES string of the molecule is CC(C)c1nsc(N(CCC(N)=NO)c2ccccc2)n1. The number of para-hydroxylation sites is 1. The third-order valence-corrected chi connectivity index (χ3v) is 3.72. The molecule has 0 saturated carbocycles. The quantitative estimate of drug-likeness (QED) is 0.371. The summed E-state index contributed by atoms with van der Waals surface area (Å²) in [5.74, 6) is 1.32. The van der Waals surface area contributed by atoms with E-state index in [2.05, 4.69) is 28.4 Å². The van der Waals surface area contributed by atoms with Crippen molar-refractivity contribution in [3.8, 4) is 0 Å². The van der Waals surface area contributed by atoms with Crippen LogP contribution in [0.2, 0.25) is 0 Å². The number of amidine groups is 1. The highest BCUT2D eigenvalue weighted by Crippen LogP contribution is 2.28. The number of oxime groups is 1. The molecule has 2 rings (SSSR count). The van der Waals surface area contributed by atoms with E-state index in [1.54, 1.807) is 0 Å². The molecule has 0 bridgehead atoms. The van der Waals surface area contributed by atoms with Gasteiger partial charge in [-0.15, -0.1) is 0 Å². The van der Waals surface area contributed by atoms with Crippen molar-refractivity contribution in [3.05, 3.63) is 36.2 Å². The number of hydrogen-bond acceptors (Lipinski definition) is 6. The third kappa shape index (κ3) is 3.91. The van der Waals surface area contributed by atoms with Crippen molar-refractivity contribution in [1.29, 1.82) is 0 Å². The van der Waals surface area contributed by atoms with E-state index in [1.165, 1.54) is 11.5 Å². The van der Waals surface area contributed by atoms with Gasteiger partial charge in [-0.1, -0.05) is 37.2 Å². The van der Waals surface area contributed by atoms with Crippen LogP contribution in [0.4, 0.5) is 10.8 Å². The number of benzene rings is 1. The fourth-order valence-corrected chi connectivity index (χ4v) is 2.65. The summed E-state index contributed by atoms with van der Waals surface area (Å²) in [6.45, 7) is 4.71. The molecule has 0 aliphatic heterocycles. The van der Waals surface area contributed by atoms with Crippen LogP contribution in [0.15, 0.2) is 35.5 Å². The van der Waals surface area contributed by atoms with Crippen LogP contribution in [0.25, 0.3) is 0 Å². The maximum Gasteiger partial charge on any atom is 0.209 e. The first-order valence-corrected chi connectivity index (χ1v) is 7.51. The number of nitrogens with two attached hydrogens (primary N) is 1.